The van der Waals surface area contributed by atoms with Crippen LogP contribution in [0, 0.1) is 11.3 Å². The van der Waals surface area contributed by atoms with Crippen molar-refractivity contribution in [3.05, 3.63) is 39.8 Å². The second-order valence-corrected chi connectivity index (χ2v) is 5.39. The van der Waals surface area contributed by atoms with E-state index in [2.05, 4.69) is 21.6 Å². The van der Waals surface area contributed by atoms with Crippen molar-refractivity contribution < 1.29 is 0 Å². The summed E-state index contributed by atoms with van der Waals surface area (Å²) in [6.45, 7) is 6.08. The molecule has 2 N–H and O–H groups in total. The van der Waals surface area contributed by atoms with Crippen LogP contribution in [0.25, 0.3) is 0 Å². The number of hydrogen-bond donors (Lipinski definition) is 2. The first-order valence-corrected chi connectivity index (χ1v) is 7.58. The lowest BCUT2D eigenvalue weighted by atomic mass is 10.1. The highest BCUT2D eigenvalue weighted by molar-refractivity contribution is 7.99. The van der Waals surface area contributed by atoms with Crippen molar-refractivity contribution in [2.45, 2.75) is 37.0 Å². The van der Waals surface area contributed by atoms with E-state index in [0.29, 0.717) is 17.3 Å². The van der Waals surface area contributed by atoms with Gasteiger partial charge in [0.1, 0.15) is 6.07 Å². The average molecular weight is 303 g/mol. The monoisotopic (exact) mass is 303 g/mol. The summed E-state index contributed by atoms with van der Waals surface area (Å²) >= 11 is 1.32. The number of rotatable bonds is 6. The van der Waals surface area contributed by atoms with Crippen LogP contribution < -0.4 is 11.0 Å². The van der Waals surface area contributed by atoms with Crippen molar-refractivity contribution in [2.24, 2.45) is 0 Å². The van der Waals surface area contributed by atoms with Crippen molar-refractivity contribution in [1.29, 1.82) is 5.26 Å². The Balaban J connectivity index is 2.27. The standard InChI is InChI=1S/C14H17N5OS/c1-3-16-9-10-5-6-12(11(7-10)8-15)21-14-18-17-13(20)19(14)4-2/h5-7,16H,3-4,9H2,1-2H3,(H,17,20). The van der Waals surface area contributed by atoms with Crippen LogP contribution in [0.3, 0.4) is 0 Å². The second-order valence-electron chi connectivity index (χ2n) is 4.38. The van der Waals surface area contributed by atoms with Crippen LogP contribution in [0.4, 0.5) is 0 Å². The molecule has 1 aromatic carbocycles. The van der Waals surface area contributed by atoms with Gasteiger partial charge in [-0.15, -0.1) is 5.10 Å². The fourth-order valence-corrected chi connectivity index (χ4v) is 2.85. The van der Waals surface area contributed by atoms with Gasteiger partial charge in [0.25, 0.3) is 0 Å². The van der Waals surface area contributed by atoms with Gasteiger partial charge in [-0.2, -0.15) is 5.26 Å². The highest BCUT2D eigenvalue weighted by Gasteiger charge is 2.11. The highest BCUT2D eigenvalue weighted by atomic mass is 32.2. The molecular weight excluding hydrogens is 286 g/mol. The highest BCUT2D eigenvalue weighted by Crippen LogP contribution is 2.28. The number of aromatic nitrogens is 3. The first-order valence-electron chi connectivity index (χ1n) is 6.76. The average Bonchev–Trinajstić information content (AvgIpc) is 2.86. The summed E-state index contributed by atoms with van der Waals surface area (Å²) in [5.74, 6) is 0. The molecule has 0 fully saturated rings. The smallest absolute Gasteiger partial charge is 0.313 e. The van der Waals surface area contributed by atoms with E-state index in [4.69, 9.17) is 0 Å². The quantitative estimate of drug-likeness (QED) is 0.848. The molecule has 0 unspecified atom stereocenters. The fourth-order valence-electron chi connectivity index (χ4n) is 1.89. The zero-order chi connectivity index (χ0) is 15.2. The van der Waals surface area contributed by atoms with Crippen LogP contribution >= 0.6 is 11.8 Å². The zero-order valence-electron chi connectivity index (χ0n) is 12.0. The van der Waals surface area contributed by atoms with Gasteiger partial charge in [0.2, 0.25) is 0 Å². The Kier molecular flexibility index (Phi) is 5.20. The number of nitriles is 1. The van der Waals surface area contributed by atoms with Gasteiger partial charge < -0.3 is 5.32 Å². The maximum atomic E-state index is 11.5. The van der Waals surface area contributed by atoms with E-state index in [-0.39, 0.29) is 5.69 Å². The van der Waals surface area contributed by atoms with Crippen molar-refractivity contribution in [2.75, 3.05) is 6.54 Å². The van der Waals surface area contributed by atoms with Gasteiger partial charge in [-0.3, -0.25) is 4.57 Å². The van der Waals surface area contributed by atoms with E-state index in [0.717, 1.165) is 23.5 Å². The molecule has 0 spiro atoms. The molecule has 0 atom stereocenters. The Morgan fingerprint density at radius 2 is 2.29 bits per heavy atom. The molecule has 7 heteroatoms. The molecule has 0 aliphatic carbocycles. The Labute approximate surface area is 127 Å². The third-order valence-corrected chi connectivity index (χ3v) is 4.05. The predicted molar refractivity (Wildman–Crippen MR) is 81.2 cm³/mol. The van der Waals surface area contributed by atoms with Gasteiger partial charge in [-0.1, -0.05) is 13.0 Å². The lowest BCUT2D eigenvalue weighted by Crippen LogP contribution is -2.16. The summed E-state index contributed by atoms with van der Waals surface area (Å²) in [5, 5.41) is 19.5. The molecule has 2 rings (SSSR count). The summed E-state index contributed by atoms with van der Waals surface area (Å²) in [5.41, 5.74) is 1.42. The van der Waals surface area contributed by atoms with Gasteiger partial charge >= 0.3 is 5.69 Å². The lowest BCUT2D eigenvalue weighted by molar-refractivity contribution is 0.660. The summed E-state index contributed by atoms with van der Waals surface area (Å²) in [7, 11) is 0. The summed E-state index contributed by atoms with van der Waals surface area (Å²) in [6.07, 6.45) is 0. The predicted octanol–water partition coefficient (Wildman–Crippen LogP) is 1.72. The second kappa shape index (κ2) is 7.11. The van der Waals surface area contributed by atoms with Gasteiger partial charge in [-0.05, 0) is 42.9 Å². The van der Waals surface area contributed by atoms with E-state index >= 15 is 0 Å². The van der Waals surface area contributed by atoms with Gasteiger partial charge in [-0.25, -0.2) is 9.89 Å². The summed E-state index contributed by atoms with van der Waals surface area (Å²) in [6, 6.07) is 7.95. The minimum Gasteiger partial charge on any atom is -0.313 e. The maximum absolute atomic E-state index is 11.5. The first-order chi connectivity index (χ1) is 10.2. The molecule has 2 aromatic rings. The van der Waals surface area contributed by atoms with E-state index in [1.165, 1.54) is 11.8 Å². The minimum atomic E-state index is -0.234. The molecule has 1 aromatic heterocycles. The fraction of sp³-hybridized carbons (Fsp3) is 0.357. The largest absolute Gasteiger partial charge is 0.343 e. The van der Waals surface area contributed by atoms with Crippen LogP contribution in [-0.2, 0) is 13.1 Å². The summed E-state index contributed by atoms with van der Waals surface area (Å²) in [4.78, 5) is 12.3. The van der Waals surface area contributed by atoms with Crippen LogP contribution in [0.1, 0.15) is 25.0 Å². The molecule has 0 saturated heterocycles. The van der Waals surface area contributed by atoms with E-state index in [1.54, 1.807) is 4.57 Å². The van der Waals surface area contributed by atoms with E-state index < -0.39 is 0 Å². The Morgan fingerprint density at radius 1 is 1.48 bits per heavy atom. The molecular formula is C14H17N5OS. The Bertz CT molecular complexity index is 713. The number of benzene rings is 1. The van der Waals surface area contributed by atoms with Crippen molar-refractivity contribution in [3.63, 3.8) is 0 Å². The van der Waals surface area contributed by atoms with Gasteiger partial charge in [0.15, 0.2) is 5.16 Å². The number of aromatic amines is 1. The van der Waals surface area contributed by atoms with Crippen molar-refractivity contribution in [1.82, 2.24) is 20.1 Å². The van der Waals surface area contributed by atoms with Gasteiger partial charge in [0, 0.05) is 18.0 Å². The maximum Gasteiger partial charge on any atom is 0.343 e. The zero-order valence-corrected chi connectivity index (χ0v) is 12.8. The van der Waals surface area contributed by atoms with Crippen LogP contribution in [-0.4, -0.2) is 21.3 Å². The molecule has 0 saturated carbocycles. The number of nitrogens with zero attached hydrogens (tertiary/aromatic N) is 3. The molecule has 110 valence electrons. The molecule has 21 heavy (non-hydrogen) atoms. The molecule has 0 bridgehead atoms. The van der Waals surface area contributed by atoms with Crippen molar-refractivity contribution in [3.8, 4) is 6.07 Å². The Hall–Kier alpha value is -2.04. The van der Waals surface area contributed by atoms with E-state index in [1.807, 2.05) is 32.0 Å². The minimum absolute atomic E-state index is 0.234. The third-order valence-electron chi connectivity index (χ3n) is 2.98. The molecule has 1 heterocycles. The Morgan fingerprint density at radius 3 is 2.95 bits per heavy atom. The third kappa shape index (κ3) is 3.54. The van der Waals surface area contributed by atoms with Crippen LogP contribution in [0.5, 0.6) is 0 Å². The van der Waals surface area contributed by atoms with Crippen LogP contribution in [0.15, 0.2) is 33.0 Å². The number of nitrogens with one attached hydrogen (secondary N) is 2. The molecule has 0 aliphatic rings. The molecule has 0 radical (unpaired) electrons. The van der Waals surface area contributed by atoms with Crippen LogP contribution in [0.2, 0.25) is 0 Å². The normalized spacial score (nSPS) is 10.5. The van der Waals surface area contributed by atoms with Crippen molar-refractivity contribution >= 4 is 11.8 Å². The SMILES string of the molecule is CCNCc1ccc(Sc2n[nH]c(=O)n2CC)c(C#N)c1. The molecule has 0 amide bonds. The number of hydrogen-bond acceptors (Lipinski definition) is 5. The summed E-state index contributed by atoms with van der Waals surface area (Å²) < 4.78 is 1.54. The topological polar surface area (TPSA) is 86.5 Å². The van der Waals surface area contributed by atoms with E-state index in [9.17, 15) is 10.1 Å². The lowest BCUT2D eigenvalue weighted by Gasteiger charge is -2.07. The first kappa shape index (κ1) is 15.4. The van der Waals surface area contributed by atoms with Gasteiger partial charge in [0.05, 0.1) is 5.56 Å². The molecule has 6 nitrogen and oxygen atoms in total. The number of H-pyrrole nitrogens is 1. The molecule has 0 aliphatic heterocycles.